The lowest BCUT2D eigenvalue weighted by molar-refractivity contribution is -0.112. The number of methoxy groups -OCH3 is 1. The van der Waals surface area contributed by atoms with E-state index in [2.05, 4.69) is 17.4 Å². The van der Waals surface area contributed by atoms with Crippen molar-refractivity contribution in [1.82, 2.24) is 0 Å². The van der Waals surface area contributed by atoms with Crippen LogP contribution in [0.5, 0.6) is 11.5 Å². The molecule has 1 N–H and O–H groups in total. The number of rotatable bonds is 7. The van der Waals surface area contributed by atoms with Crippen LogP contribution < -0.4 is 14.8 Å². The Bertz CT molecular complexity index is 1470. The van der Waals surface area contributed by atoms with Gasteiger partial charge in [-0.2, -0.15) is 5.26 Å². The van der Waals surface area contributed by atoms with E-state index in [-0.39, 0.29) is 10.6 Å². The number of nitriles is 1. The van der Waals surface area contributed by atoms with Gasteiger partial charge in [0.05, 0.1) is 22.8 Å². The summed E-state index contributed by atoms with van der Waals surface area (Å²) in [7, 11) is 1.55. The highest BCUT2D eigenvalue weighted by Gasteiger charge is 2.14. The molecular formula is C28H20Cl2N2O3. The van der Waals surface area contributed by atoms with Crippen molar-refractivity contribution in [3.63, 3.8) is 0 Å². The maximum Gasteiger partial charge on any atom is 0.266 e. The Hall–Kier alpha value is -3.98. The van der Waals surface area contributed by atoms with E-state index in [9.17, 15) is 10.1 Å². The third-order valence-electron chi connectivity index (χ3n) is 5.33. The van der Waals surface area contributed by atoms with Gasteiger partial charge < -0.3 is 14.8 Å². The molecule has 0 spiro atoms. The predicted molar refractivity (Wildman–Crippen MR) is 140 cm³/mol. The minimum absolute atomic E-state index is 0.105. The van der Waals surface area contributed by atoms with E-state index in [1.54, 1.807) is 43.5 Å². The van der Waals surface area contributed by atoms with Gasteiger partial charge in [-0.25, -0.2) is 0 Å². The molecule has 0 aliphatic heterocycles. The van der Waals surface area contributed by atoms with Gasteiger partial charge in [0.25, 0.3) is 5.91 Å². The van der Waals surface area contributed by atoms with Gasteiger partial charge in [-0.15, -0.1) is 0 Å². The Morgan fingerprint density at radius 2 is 1.77 bits per heavy atom. The maximum absolute atomic E-state index is 12.7. The Balaban J connectivity index is 1.57. The number of carbonyl (C=O) groups is 1. The second kappa shape index (κ2) is 11.0. The van der Waals surface area contributed by atoms with Crippen molar-refractivity contribution in [3.05, 3.63) is 106 Å². The number of carbonyl (C=O) groups excluding carboxylic acids is 1. The van der Waals surface area contributed by atoms with Crippen molar-refractivity contribution in [1.29, 1.82) is 5.26 Å². The van der Waals surface area contributed by atoms with E-state index in [1.165, 1.54) is 6.08 Å². The van der Waals surface area contributed by atoms with Gasteiger partial charge in [0.15, 0.2) is 11.5 Å². The van der Waals surface area contributed by atoms with Crippen molar-refractivity contribution in [2.45, 2.75) is 6.61 Å². The summed E-state index contributed by atoms with van der Waals surface area (Å²) in [6, 6.07) is 26.1. The van der Waals surface area contributed by atoms with Gasteiger partial charge in [-0.3, -0.25) is 4.79 Å². The van der Waals surface area contributed by atoms with Gasteiger partial charge in [0.1, 0.15) is 18.2 Å². The summed E-state index contributed by atoms with van der Waals surface area (Å²) in [5.41, 5.74) is 1.84. The number of nitrogens with zero attached hydrogens (tertiary/aromatic N) is 1. The van der Waals surface area contributed by atoms with Crippen LogP contribution >= 0.6 is 23.2 Å². The summed E-state index contributed by atoms with van der Waals surface area (Å²) in [6.45, 7) is 0.323. The van der Waals surface area contributed by atoms with E-state index < -0.39 is 5.91 Å². The second-order valence-corrected chi connectivity index (χ2v) is 8.35. The molecule has 0 atom stereocenters. The Morgan fingerprint density at radius 3 is 2.57 bits per heavy atom. The zero-order valence-corrected chi connectivity index (χ0v) is 20.2. The molecule has 0 unspecified atom stereocenters. The van der Waals surface area contributed by atoms with E-state index in [1.807, 2.05) is 36.4 Å². The molecule has 0 saturated carbocycles. The van der Waals surface area contributed by atoms with Gasteiger partial charge in [-0.1, -0.05) is 77.8 Å². The van der Waals surface area contributed by atoms with Crippen LogP contribution in [0, 0.1) is 11.3 Å². The molecule has 35 heavy (non-hydrogen) atoms. The summed E-state index contributed by atoms with van der Waals surface area (Å²) >= 11 is 12.1. The molecule has 0 radical (unpaired) electrons. The smallest absolute Gasteiger partial charge is 0.266 e. The Kier molecular flexibility index (Phi) is 7.57. The first kappa shape index (κ1) is 24.2. The number of hydrogen-bond donors (Lipinski definition) is 1. The fourth-order valence-corrected chi connectivity index (χ4v) is 3.92. The number of ether oxygens (including phenoxy) is 2. The number of amides is 1. The molecule has 0 aromatic heterocycles. The SMILES string of the molecule is COc1ccc(/C=C(\C#N)C(=O)Nc2cccc(Cl)c2Cl)cc1OCc1cccc2ccccc12. The third kappa shape index (κ3) is 5.58. The van der Waals surface area contributed by atoms with E-state index in [0.717, 1.165) is 16.3 Å². The molecule has 7 heteroatoms. The summed E-state index contributed by atoms with van der Waals surface area (Å²) in [5, 5.41) is 14.9. The topological polar surface area (TPSA) is 71.3 Å². The fraction of sp³-hybridized carbons (Fsp3) is 0.0714. The van der Waals surface area contributed by atoms with Crippen LogP contribution in [0.4, 0.5) is 5.69 Å². The summed E-state index contributed by atoms with van der Waals surface area (Å²) in [6.07, 6.45) is 1.47. The van der Waals surface area contributed by atoms with Crippen LogP contribution in [0.15, 0.2) is 84.4 Å². The zero-order valence-electron chi connectivity index (χ0n) is 18.7. The molecule has 4 aromatic carbocycles. The number of nitrogens with one attached hydrogen (secondary N) is 1. The zero-order chi connectivity index (χ0) is 24.8. The Labute approximate surface area is 213 Å². The Morgan fingerprint density at radius 1 is 1.00 bits per heavy atom. The summed E-state index contributed by atoms with van der Waals surface area (Å²) < 4.78 is 11.5. The molecule has 0 aliphatic rings. The summed E-state index contributed by atoms with van der Waals surface area (Å²) in [4.78, 5) is 12.7. The van der Waals surface area contributed by atoms with Crippen molar-refractivity contribution < 1.29 is 14.3 Å². The average molecular weight is 503 g/mol. The molecule has 0 fully saturated rings. The highest BCUT2D eigenvalue weighted by molar-refractivity contribution is 6.44. The second-order valence-electron chi connectivity index (χ2n) is 7.56. The van der Waals surface area contributed by atoms with Crippen molar-refractivity contribution >= 4 is 51.6 Å². The first-order valence-corrected chi connectivity index (χ1v) is 11.4. The van der Waals surface area contributed by atoms with Crippen molar-refractivity contribution in [2.24, 2.45) is 0 Å². The van der Waals surface area contributed by atoms with Gasteiger partial charge in [0.2, 0.25) is 0 Å². The molecule has 0 saturated heterocycles. The van der Waals surface area contributed by atoms with Gasteiger partial charge >= 0.3 is 0 Å². The molecule has 0 aliphatic carbocycles. The average Bonchev–Trinajstić information content (AvgIpc) is 2.88. The highest BCUT2D eigenvalue weighted by Crippen LogP contribution is 2.32. The maximum atomic E-state index is 12.7. The first-order chi connectivity index (χ1) is 17.0. The highest BCUT2D eigenvalue weighted by atomic mass is 35.5. The number of anilines is 1. The molecule has 0 heterocycles. The lowest BCUT2D eigenvalue weighted by atomic mass is 10.1. The minimum atomic E-state index is -0.606. The number of benzene rings is 4. The molecule has 4 aromatic rings. The number of hydrogen-bond acceptors (Lipinski definition) is 4. The fourth-order valence-electron chi connectivity index (χ4n) is 3.57. The third-order valence-corrected chi connectivity index (χ3v) is 6.15. The molecule has 5 nitrogen and oxygen atoms in total. The number of halogens is 2. The molecular weight excluding hydrogens is 483 g/mol. The van der Waals surface area contributed by atoms with Gasteiger partial charge in [0, 0.05) is 0 Å². The molecule has 174 valence electrons. The monoisotopic (exact) mass is 502 g/mol. The first-order valence-electron chi connectivity index (χ1n) is 10.6. The predicted octanol–water partition coefficient (Wildman–Crippen LogP) is 7.28. The standard InChI is InChI=1S/C28H20Cl2N2O3/c1-34-25-13-12-18(14-21(16-31)28(33)32-24-11-5-10-23(29)27(24)30)15-26(25)35-17-20-8-4-7-19-6-2-3-9-22(19)20/h2-15H,17H2,1H3,(H,32,33)/b21-14+. The minimum Gasteiger partial charge on any atom is -0.493 e. The van der Waals surface area contributed by atoms with Crippen LogP contribution in [0.2, 0.25) is 10.0 Å². The van der Waals surface area contributed by atoms with Crippen molar-refractivity contribution in [2.75, 3.05) is 12.4 Å². The largest absolute Gasteiger partial charge is 0.493 e. The van der Waals surface area contributed by atoms with Crippen LogP contribution in [0.3, 0.4) is 0 Å². The normalized spacial score (nSPS) is 11.1. The lowest BCUT2D eigenvalue weighted by Gasteiger charge is -2.13. The van der Waals surface area contributed by atoms with Gasteiger partial charge in [-0.05, 0) is 52.2 Å². The van der Waals surface area contributed by atoms with E-state index >= 15 is 0 Å². The van der Waals surface area contributed by atoms with Crippen molar-refractivity contribution in [3.8, 4) is 17.6 Å². The summed E-state index contributed by atoms with van der Waals surface area (Å²) in [5.74, 6) is 0.423. The quantitative estimate of drug-likeness (QED) is 0.213. The molecule has 0 bridgehead atoms. The van der Waals surface area contributed by atoms with Crippen LogP contribution in [0.25, 0.3) is 16.8 Å². The molecule has 1 amide bonds. The van der Waals surface area contributed by atoms with Crippen LogP contribution in [-0.4, -0.2) is 13.0 Å². The lowest BCUT2D eigenvalue weighted by Crippen LogP contribution is -2.13. The van der Waals surface area contributed by atoms with Crippen LogP contribution in [-0.2, 0) is 11.4 Å². The molecule has 4 rings (SSSR count). The van der Waals surface area contributed by atoms with E-state index in [0.29, 0.717) is 34.4 Å². The van der Waals surface area contributed by atoms with Crippen LogP contribution in [0.1, 0.15) is 11.1 Å². The van der Waals surface area contributed by atoms with E-state index in [4.69, 9.17) is 32.7 Å². The number of fused-ring (bicyclic) bond motifs is 1.